The van der Waals surface area contributed by atoms with Gasteiger partial charge in [0.1, 0.15) is 0 Å². The summed E-state index contributed by atoms with van der Waals surface area (Å²) in [5.41, 5.74) is 0.646. The number of aliphatic hydroxyl groups is 1. The Morgan fingerprint density at radius 1 is 1.40 bits per heavy atom. The molecule has 0 saturated heterocycles. The van der Waals surface area contributed by atoms with Crippen molar-refractivity contribution in [2.75, 3.05) is 18.9 Å². The van der Waals surface area contributed by atoms with Gasteiger partial charge in [0.25, 0.3) is 5.91 Å². The van der Waals surface area contributed by atoms with Crippen LogP contribution in [0.15, 0.2) is 29.2 Å². The van der Waals surface area contributed by atoms with Crippen LogP contribution in [0.1, 0.15) is 44.0 Å². The highest BCUT2D eigenvalue weighted by Gasteiger charge is 2.15. The average molecular weight is 295 g/mol. The van der Waals surface area contributed by atoms with Crippen molar-refractivity contribution in [1.82, 2.24) is 5.32 Å². The fourth-order valence-electron chi connectivity index (χ4n) is 1.84. The molecule has 0 unspecified atom stereocenters. The first-order valence-electron chi connectivity index (χ1n) is 7.10. The number of benzene rings is 1. The van der Waals surface area contributed by atoms with Gasteiger partial charge in [0.05, 0.1) is 0 Å². The Hall–Kier alpha value is -1.00. The zero-order valence-electron chi connectivity index (χ0n) is 12.6. The Kier molecular flexibility index (Phi) is 7.10. The van der Waals surface area contributed by atoms with Crippen molar-refractivity contribution in [2.24, 2.45) is 5.41 Å². The van der Waals surface area contributed by atoms with E-state index in [1.54, 1.807) is 11.8 Å². The van der Waals surface area contributed by atoms with Crippen LogP contribution in [-0.2, 0) is 0 Å². The summed E-state index contributed by atoms with van der Waals surface area (Å²) in [7, 11) is 0. The van der Waals surface area contributed by atoms with E-state index in [-0.39, 0.29) is 17.9 Å². The normalized spacial score (nSPS) is 11.4. The third kappa shape index (κ3) is 5.97. The number of carbonyl (C=O) groups excluding carboxylic acids is 1. The Morgan fingerprint density at radius 3 is 2.80 bits per heavy atom. The van der Waals surface area contributed by atoms with E-state index in [4.69, 9.17) is 0 Å². The molecule has 1 amide bonds. The van der Waals surface area contributed by atoms with Crippen LogP contribution in [0.25, 0.3) is 0 Å². The summed E-state index contributed by atoms with van der Waals surface area (Å²) >= 11 is 1.73. The van der Waals surface area contributed by atoms with Gasteiger partial charge in [0.2, 0.25) is 0 Å². The van der Waals surface area contributed by atoms with E-state index in [0.717, 1.165) is 23.5 Å². The lowest BCUT2D eigenvalue weighted by Crippen LogP contribution is -2.26. The molecule has 3 nitrogen and oxygen atoms in total. The molecule has 0 bridgehead atoms. The predicted molar refractivity (Wildman–Crippen MR) is 85.3 cm³/mol. The number of carbonyl (C=O) groups is 1. The van der Waals surface area contributed by atoms with E-state index in [0.29, 0.717) is 12.1 Å². The lowest BCUT2D eigenvalue weighted by molar-refractivity contribution is 0.0948. The van der Waals surface area contributed by atoms with Gasteiger partial charge in [-0.05, 0) is 42.2 Å². The minimum Gasteiger partial charge on any atom is -0.396 e. The molecule has 112 valence electrons. The lowest BCUT2D eigenvalue weighted by atomic mass is 9.89. The fraction of sp³-hybridized carbons (Fsp3) is 0.562. The van der Waals surface area contributed by atoms with E-state index >= 15 is 0 Å². The standard InChI is InChI=1S/C16H25NO2S/c1-4-20-14-8-5-7-13(11-14)15(19)17-10-6-9-16(2,3)12-18/h5,7-8,11,18H,4,6,9-10,12H2,1-3H3,(H,17,19). The highest BCUT2D eigenvalue weighted by Crippen LogP contribution is 2.21. The summed E-state index contributed by atoms with van der Waals surface area (Å²) in [6.07, 6.45) is 1.78. The van der Waals surface area contributed by atoms with Crippen molar-refractivity contribution < 1.29 is 9.90 Å². The molecule has 2 N–H and O–H groups in total. The molecule has 0 spiro atoms. The quantitative estimate of drug-likeness (QED) is 0.571. The summed E-state index contributed by atoms with van der Waals surface area (Å²) in [5.74, 6) is 0.978. The molecule has 4 heteroatoms. The summed E-state index contributed by atoms with van der Waals surface area (Å²) in [4.78, 5) is 13.2. The predicted octanol–water partition coefficient (Wildman–Crippen LogP) is 3.33. The van der Waals surface area contributed by atoms with E-state index in [1.165, 1.54) is 0 Å². The van der Waals surface area contributed by atoms with Crippen LogP contribution in [-0.4, -0.2) is 29.9 Å². The van der Waals surface area contributed by atoms with Crippen LogP contribution >= 0.6 is 11.8 Å². The molecule has 0 heterocycles. The van der Waals surface area contributed by atoms with Gasteiger partial charge in [-0.25, -0.2) is 0 Å². The molecule has 0 aliphatic carbocycles. The largest absolute Gasteiger partial charge is 0.396 e. The summed E-state index contributed by atoms with van der Waals surface area (Å²) in [5, 5.41) is 12.1. The molecule has 0 aromatic heterocycles. The molecule has 0 aliphatic heterocycles. The maximum atomic E-state index is 12.0. The molecular weight excluding hydrogens is 270 g/mol. The minimum atomic E-state index is -0.0671. The van der Waals surface area contributed by atoms with Crippen molar-refractivity contribution in [3.05, 3.63) is 29.8 Å². The monoisotopic (exact) mass is 295 g/mol. The molecular formula is C16H25NO2S. The summed E-state index contributed by atoms with van der Waals surface area (Å²) < 4.78 is 0. The molecule has 1 aromatic carbocycles. The highest BCUT2D eigenvalue weighted by atomic mass is 32.2. The highest BCUT2D eigenvalue weighted by molar-refractivity contribution is 7.99. The lowest BCUT2D eigenvalue weighted by Gasteiger charge is -2.21. The van der Waals surface area contributed by atoms with Crippen LogP contribution in [0, 0.1) is 5.41 Å². The summed E-state index contributed by atoms with van der Waals surface area (Å²) in [6, 6.07) is 7.71. The van der Waals surface area contributed by atoms with Gasteiger partial charge in [-0.1, -0.05) is 26.8 Å². The first-order valence-corrected chi connectivity index (χ1v) is 8.09. The van der Waals surface area contributed by atoms with E-state index in [9.17, 15) is 9.90 Å². The van der Waals surface area contributed by atoms with Crippen molar-refractivity contribution in [2.45, 2.75) is 38.5 Å². The minimum absolute atomic E-state index is 0.0228. The Balaban J connectivity index is 2.41. The molecule has 1 aromatic rings. The average Bonchev–Trinajstić information content (AvgIpc) is 2.44. The molecule has 20 heavy (non-hydrogen) atoms. The van der Waals surface area contributed by atoms with Crippen molar-refractivity contribution >= 4 is 17.7 Å². The second-order valence-electron chi connectivity index (χ2n) is 5.64. The zero-order valence-corrected chi connectivity index (χ0v) is 13.4. The van der Waals surface area contributed by atoms with Gasteiger partial charge in [-0.3, -0.25) is 4.79 Å². The second-order valence-corrected chi connectivity index (χ2v) is 6.98. The first-order chi connectivity index (χ1) is 9.48. The van der Waals surface area contributed by atoms with Crippen LogP contribution in [0.2, 0.25) is 0 Å². The van der Waals surface area contributed by atoms with Crippen LogP contribution in [0.5, 0.6) is 0 Å². The zero-order chi connectivity index (χ0) is 15.0. The van der Waals surface area contributed by atoms with Gasteiger partial charge >= 0.3 is 0 Å². The Bertz CT molecular complexity index is 432. The van der Waals surface area contributed by atoms with E-state index in [1.807, 2.05) is 38.1 Å². The van der Waals surface area contributed by atoms with Crippen LogP contribution < -0.4 is 5.32 Å². The van der Waals surface area contributed by atoms with Gasteiger partial charge in [0, 0.05) is 23.6 Å². The maximum Gasteiger partial charge on any atom is 0.251 e. The fourth-order valence-corrected chi connectivity index (χ4v) is 2.56. The Morgan fingerprint density at radius 2 is 2.15 bits per heavy atom. The molecule has 0 radical (unpaired) electrons. The SMILES string of the molecule is CCSc1cccc(C(=O)NCCCC(C)(C)CO)c1. The van der Waals surface area contributed by atoms with Crippen molar-refractivity contribution in [1.29, 1.82) is 0 Å². The topological polar surface area (TPSA) is 49.3 Å². The molecule has 0 saturated carbocycles. The smallest absolute Gasteiger partial charge is 0.251 e. The van der Waals surface area contributed by atoms with Crippen LogP contribution in [0.4, 0.5) is 0 Å². The maximum absolute atomic E-state index is 12.0. The first kappa shape index (κ1) is 17.1. The summed E-state index contributed by atoms with van der Waals surface area (Å²) in [6.45, 7) is 6.98. The van der Waals surface area contributed by atoms with Crippen molar-refractivity contribution in [3.8, 4) is 0 Å². The molecule has 0 aliphatic rings. The number of aliphatic hydroxyl groups excluding tert-OH is 1. The molecule has 1 rings (SSSR count). The third-order valence-electron chi connectivity index (χ3n) is 3.15. The number of hydrogen-bond donors (Lipinski definition) is 2. The Labute approximate surface area is 126 Å². The van der Waals surface area contributed by atoms with Gasteiger partial charge in [0.15, 0.2) is 0 Å². The number of nitrogens with one attached hydrogen (secondary N) is 1. The molecule has 0 atom stereocenters. The number of amides is 1. The van der Waals surface area contributed by atoms with Gasteiger partial charge < -0.3 is 10.4 Å². The van der Waals surface area contributed by atoms with E-state index in [2.05, 4.69) is 12.2 Å². The van der Waals surface area contributed by atoms with Crippen molar-refractivity contribution in [3.63, 3.8) is 0 Å². The second kappa shape index (κ2) is 8.32. The number of hydrogen-bond acceptors (Lipinski definition) is 3. The van der Waals surface area contributed by atoms with E-state index < -0.39 is 0 Å². The number of rotatable bonds is 8. The van der Waals surface area contributed by atoms with Crippen LogP contribution in [0.3, 0.4) is 0 Å². The van der Waals surface area contributed by atoms with Gasteiger partial charge in [-0.15, -0.1) is 11.8 Å². The third-order valence-corrected chi connectivity index (χ3v) is 4.03. The molecule has 0 fully saturated rings. The number of thioether (sulfide) groups is 1. The van der Waals surface area contributed by atoms with Gasteiger partial charge in [-0.2, -0.15) is 0 Å².